The first kappa shape index (κ1) is 21.6. The third-order valence-corrected chi connectivity index (χ3v) is 6.12. The highest BCUT2D eigenvalue weighted by atomic mass is 14.7. The molecule has 0 fully saturated rings. The Hall–Kier alpha value is -4.96. The summed E-state index contributed by atoms with van der Waals surface area (Å²) in [5.74, 6) is 0. The highest BCUT2D eigenvalue weighted by Crippen LogP contribution is 2.48. The summed E-state index contributed by atoms with van der Waals surface area (Å²) in [6.45, 7) is 0. The highest BCUT2D eigenvalue weighted by molar-refractivity contribution is 6.05. The number of hydrogen-bond acceptors (Lipinski definition) is 4. The Kier molecular flexibility index (Phi) is 5.83. The second-order valence-corrected chi connectivity index (χ2v) is 8.32. The number of aromatic nitrogens is 4. The standard InChI is InChI=1S/C32H22N4/c1-2-12-23(13-3-1)24-22-25(26-14-4-8-18-33-26)31(28-16-6-10-20-35-28)32(29-17-7-11-21-36-29)30(24)27-15-5-9-19-34-27/h1-22H. The lowest BCUT2D eigenvalue weighted by atomic mass is 9.83. The lowest BCUT2D eigenvalue weighted by Gasteiger charge is -2.22. The van der Waals surface area contributed by atoms with Gasteiger partial charge in [0.25, 0.3) is 0 Å². The summed E-state index contributed by atoms with van der Waals surface area (Å²) in [6, 6.07) is 36.6. The minimum Gasteiger partial charge on any atom is -0.256 e. The molecule has 4 heteroatoms. The molecule has 0 aliphatic carbocycles. The van der Waals surface area contributed by atoms with E-state index in [0.717, 1.165) is 56.2 Å². The predicted octanol–water partition coefficient (Wildman–Crippen LogP) is 7.60. The van der Waals surface area contributed by atoms with Crippen LogP contribution in [0.25, 0.3) is 56.2 Å². The molecule has 2 aromatic carbocycles. The molecule has 0 amide bonds. The van der Waals surface area contributed by atoms with Gasteiger partial charge in [-0.25, -0.2) is 0 Å². The van der Waals surface area contributed by atoms with E-state index < -0.39 is 0 Å². The summed E-state index contributed by atoms with van der Waals surface area (Å²) in [7, 11) is 0. The van der Waals surface area contributed by atoms with E-state index in [-0.39, 0.29) is 0 Å². The topological polar surface area (TPSA) is 51.6 Å². The van der Waals surface area contributed by atoms with Crippen LogP contribution in [0.15, 0.2) is 134 Å². The monoisotopic (exact) mass is 462 g/mol. The zero-order valence-electron chi connectivity index (χ0n) is 19.5. The maximum Gasteiger partial charge on any atom is 0.0716 e. The average molecular weight is 463 g/mol. The van der Waals surface area contributed by atoms with Crippen molar-refractivity contribution < 1.29 is 0 Å². The third kappa shape index (κ3) is 4.05. The SMILES string of the molecule is c1ccc(-c2cc(-c3ccccn3)c(-c3ccccn3)c(-c3ccccn3)c2-c2ccccn2)cc1. The van der Waals surface area contributed by atoms with Gasteiger partial charge in [-0.15, -0.1) is 0 Å². The minimum absolute atomic E-state index is 0.855. The van der Waals surface area contributed by atoms with Gasteiger partial charge in [-0.05, 0) is 65.7 Å². The van der Waals surface area contributed by atoms with Crippen molar-refractivity contribution in [3.63, 3.8) is 0 Å². The summed E-state index contributed by atoms with van der Waals surface area (Å²) in [5.41, 5.74) is 9.60. The van der Waals surface area contributed by atoms with Crippen molar-refractivity contribution in [2.45, 2.75) is 0 Å². The molecule has 6 rings (SSSR count). The van der Waals surface area contributed by atoms with Crippen LogP contribution in [0.3, 0.4) is 0 Å². The van der Waals surface area contributed by atoms with Crippen LogP contribution in [-0.2, 0) is 0 Å². The Morgan fingerprint density at radius 2 is 0.750 bits per heavy atom. The second-order valence-electron chi connectivity index (χ2n) is 8.32. The summed E-state index contributed by atoms with van der Waals surface area (Å²) in [5, 5.41) is 0. The number of benzene rings is 2. The van der Waals surface area contributed by atoms with Crippen LogP contribution in [0.4, 0.5) is 0 Å². The predicted molar refractivity (Wildman–Crippen MR) is 145 cm³/mol. The molecule has 0 radical (unpaired) electrons. The maximum atomic E-state index is 4.81. The van der Waals surface area contributed by atoms with Crippen molar-refractivity contribution in [1.29, 1.82) is 0 Å². The molecule has 170 valence electrons. The van der Waals surface area contributed by atoms with Crippen molar-refractivity contribution in [2.24, 2.45) is 0 Å². The largest absolute Gasteiger partial charge is 0.256 e. The van der Waals surface area contributed by atoms with E-state index >= 15 is 0 Å². The fourth-order valence-corrected chi connectivity index (χ4v) is 4.57. The Balaban J connectivity index is 1.84. The van der Waals surface area contributed by atoms with Gasteiger partial charge in [-0.3, -0.25) is 19.9 Å². The van der Waals surface area contributed by atoms with Crippen molar-refractivity contribution in [2.75, 3.05) is 0 Å². The van der Waals surface area contributed by atoms with Crippen LogP contribution in [0.1, 0.15) is 0 Å². The van der Waals surface area contributed by atoms with E-state index in [1.165, 1.54) is 0 Å². The van der Waals surface area contributed by atoms with Gasteiger partial charge in [0, 0.05) is 47.0 Å². The molecule has 4 nitrogen and oxygen atoms in total. The summed E-state index contributed by atoms with van der Waals surface area (Å²) >= 11 is 0. The second kappa shape index (κ2) is 9.72. The van der Waals surface area contributed by atoms with Gasteiger partial charge in [-0.1, -0.05) is 54.6 Å². The smallest absolute Gasteiger partial charge is 0.0716 e. The first-order chi connectivity index (χ1) is 17.9. The molecule has 0 saturated carbocycles. The van der Waals surface area contributed by atoms with Crippen molar-refractivity contribution in [3.8, 4) is 56.2 Å². The Morgan fingerprint density at radius 3 is 1.22 bits per heavy atom. The zero-order chi connectivity index (χ0) is 24.2. The van der Waals surface area contributed by atoms with Crippen molar-refractivity contribution >= 4 is 0 Å². The van der Waals surface area contributed by atoms with E-state index in [4.69, 9.17) is 19.9 Å². The summed E-state index contributed by atoms with van der Waals surface area (Å²) in [6.07, 6.45) is 7.31. The van der Waals surface area contributed by atoms with Crippen LogP contribution >= 0.6 is 0 Å². The maximum absolute atomic E-state index is 4.81. The fourth-order valence-electron chi connectivity index (χ4n) is 4.57. The molecule has 0 aliphatic heterocycles. The van der Waals surface area contributed by atoms with E-state index in [1.807, 2.05) is 97.6 Å². The molecule has 6 aromatic rings. The van der Waals surface area contributed by atoms with E-state index in [9.17, 15) is 0 Å². The quantitative estimate of drug-likeness (QED) is 0.265. The molecular weight excluding hydrogens is 440 g/mol. The highest BCUT2D eigenvalue weighted by Gasteiger charge is 2.25. The molecule has 0 atom stereocenters. The first-order valence-electron chi connectivity index (χ1n) is 11.8. The van der Waals surface area contributed by atoms with E-state index in [1.54, 1.807) is 0 Å². The molecule has 0 bridgehead atoms. The lowest BCUT2D eigenvalue weighted by Crippen LogP contribution is -2.01. The van der Waals surface area contributed by atoms with Crippen LogP contribution in [0.2, 0.25) is 0 Å². The number of pyridine rings is 4. The molecule has 0 aliphatic rings. The van der Waals surface area contributed by atoms with E-state index in [2.05, 4.69) is 36.4 Å². The zero-order valence-corrected chi connectivity index (χ0v) is 19.5. The van der Waals surface area contributed by atoms with Crippen molar-refractivity contribution in [3.05, 3.63) is 134 Å². The number of rotatable bonds is 5. The molecule has 0 N–H and O–H groups in total. The number of nitrogens with zero attached hydrogens (tertiary/aromatic N) is 4. The molecule has 0 spiro atoms. The Morgan fingerprint density at radius 1 is 0.333 bits per heavy atom. The fraction of sp³-hybridized carbons (Fsp3) is 0. The van der Waals surface area contributed by atoms with Gasteiger partial charge in [0.05, 0.1) is 22.8 Å². The minimum atomic E-state index is 0.855. The summed E-state index contributed by atoms with van der Waals surface area (Å²) in [4.78, 5) is 19.1. The molecule has 4 heterocycles. The Labute approximate surface area is 210 Å². The van der Waals surface area contributed by atoms with Gasteiger partial charge in [0.15, 0.2) is 0 Å². The van der Waals surface area contributed by atoms with Crippen molar-refractivity contribution in [1.82, 2.24) is 19.9 Å². The molecule has 0 saturated heterocycles. The summed E-state index contributed by atoms with van der Waals surface area (Å²) < 4.78 is 0. The molecule has 0 unspecified atom stereocenters. The molecule has 4 aromatic heterocycles. The molecular formula is C32H22N4. The van der Waals surface area contributed by atoms with Crippen LogP contribution in [0.5, 0.6) is 0 Å². The first-order valence-corrected chi connectivity index (χ1v) is 11.8. The third-order valence-electron chi connectivity index (χ3n) is 6.12. The normalized spacial score (nSPS) is 10.8. The number of hydrogen-bond donors (Lipinski definition) is 0. The van der Waals surface area contributed by atoms with Gasteiger partial charge in [0.2, 0.25) is 0 Å². The van der Waals surface area contributed by atoms with E-state index in [0.29, 0.717) is 0 Å². The average Bonchev–Trinajstić information content (AvgIpc) is 2.98. The molecule has 36 heavy (non-hydrogen) atoms. The Bertz CT molecular complexity index is 1490. The lowest BCUT2D eigenvalue weighted by molar-refractivity contribution is 1.27. The van der Waals surface area contributed by atoms with Crippen LogP contribution in [-0.4, -0.2) is 19.9 Å². The van der Waals surface area contributed by atoms with Gasteiger partial charge in [0.1, 0.15) is 0 Å². The van der Waals surface area contributed by atoms with Gasteiger partial charge >= 0.3 is 0 Å². The van der Waals surface area contributed by atoms with Crippen LogP contribution < -0.4 is 0 Å². The van der Waals surface area contributed by atoms with Gasteiger partial charge in [-0.2, -0.15) is 0 Å². The van der Waals surface area contributed by atoms with Crippen LogP contribution in [0, 0.1) is 0 Å². The van der Waals surface area contributed by atoms with Gasteiger partial charge < -0.3 is 0 Å².